The third-order valence-electron chi connectivity index (χ3n) is 5.85. The van der Waals surface area contributed by atoms with Crippen molar-refractivity contribution in [2.75, 3.05) is 18.4 Å². The Hall–Kier alpha value is -2.23. The number of nitrogens with one attached hydrogen (secondary N) is 2. The van der Waals surface area contributed by atoms with Crippen molar-refractivity contribution in [3.63, 3.8) is 0 Å². The summed E-state index contributed by atoms with van der Waals surface area (Å²) in [6.07, 6.45) is -2.23. The average molecular weight is 477 g/mol. The summed E-state index contributed by atoms with van der Waals surface area (Å²) < 4.78 is 44.5. The Labute approximate surface area is 188 Å². The topological polar surface area (TPSA) is 83.2 Å². The summed E-state index contributed by atoms with van der Waals surface area (Å²) in [6, 6.07) is 5.31. The Bertz CT molecular complexity index is 1080. The first-order valence-electron chi connectivity index (χ1n) is 9.40. The van der Waals surface area contributed by atoms with Crippen LogP contribution in [-0.2, 0) is 6.18 Å². The molecule has 31 heavy (non-hydrogen) atoms. The van der Waals surface area contributed by atoms with Gasteiger partial charge in [-0.2, -0.15) is 18.2 Å². The number of benzene rings is 1. The highest BCUT2D eigenvalue weighted by Gasteiger charge is 2.49. The molecule has 3 aliphatic rings. The Morgan fingerprint density at radius 2 is 1.97 bits per heavy atom. The van der Waals surface area contributed by atoms with E-state index in [-0.39, 0.29) is 41.5 Å². The first-order valence-corrected chi connectivity index (χ1v) is 9.40. The zero-order valence-corrected chi connectivity index (χ0v) is 18.0. The van der Waals surface area contributed by atoms with Gasteiger partial charge in [-0.15, -0.1) is 24.8 Å². The summed E-state index contributed by atoms with van der Waals surface area (Å²) in [6.45, 7) is 3.27. The molecule has 0 amide bonds. The third-order valence-corrected chi connectivity index (χ3v) is 5.85. The van der Waals surface area contributed by atoms with Gasteiger partial charge in [-0.25, -0.2) is 4.98 Å². The number of aromatic hydroxyl groups is 1. The SMILES string of the molecule is Cc1cc(C(F)(F)F)cc(O)c1-c1ccc2oc(NCC34CC(CN3)C4)nc2n1.Cl.Cl. The van der Waals surface area contributed by atoms with Crippen molar-refractivity contribution < 1.29 is 22.7 Å². The highest BCUT2D eigenvalue weighted by Crippen LogP contribution is 2.43. The van der Waals surface area contributed by atoms with E-state index in [9.17, 15) is 18.3 Å². The van der Waals surface area contributed by atoms with E-state index < -0.39 is 17.5 Å². The van der Waals surface area contributed by atoms with Gasteiger partial charge < -0.3 is 20.2 Å². The minimum atomic E-state index is -4.53. The maximum atomic E-state index is 12.9. The normalized spacial score (nSPS) is 21.9. The lowest BCUT2D eigenvalue weighted by Gasteiger charge is -2.37. The van der Waals surface area contributed by atoms with E-state index in [0.29, 0.717) is 35.5 Å². The molecular weight excluding hydrogens is 456 g/mol. The number of halogens is 5. The number of aromatic nitrogens is 2. The van der Waals surface area contributed by atoms with Crippen molar-refractivity contribution in [3.8, 4) is 17.0 Å². The summed E-state index contributed by atoms with van der Waals surface area (Å²) in [5.41, 5.74) is 0.856. The predicted octanol–water partition coefficient (Wildman–Crippen LogP) is 4.93. The van der Waals surface area contributed by atoms with Gasteiger partial charge in [-0.05, 0) is 62.1 Å². The van der Waals surface area contributed by atoms with E-state index in [4.69, 9.17) is 4.42 Å². The zero-order chi connectivity index (χ0) is 20.4. The highest BCUT2D eigenvalue weighted by atomic mass is 35.5. The van der Waals surface area contributed by atoms with Crippen molar-refractivity contribution in [3.05, 3.63) is 35.4 Å². The largest absolute Gasteiger partial charge is 0.507 e. The Morgan fingerprint density at radius 1 is 1.23 bits per heavy atom. The monoisotopic (exact) mass is 476 g/mol. The molecule has 0 spiro atoms. The lowest BCUT2D eigenvalue weighted by Crippen LogP contribution is -2.49. The molecule has 3 N–H and O–H groups in total. The molecule has 3 fully saturated rings. The number of anilines is 1. The van der Waals surface area contributed by atoms with E-state index in [0.717, 1.165) is 31.4 Å². The second-order valence-electron chi connectivity index (χ2n) is 8.01. The summed E-state index contributed by atoms with van der Waals surface area (Å²) in [7, 11) is 0. The van der Waals surface area contributed by atoms with Gasteiger partial charge in [0.05, 0.1) is 11.3 Å². The van der Waals surface area contributed by atoms with Gasteiger partial charge in [0.25, 0.3) is 6.01 Å². The zero-order valence-electron chi connectivity index (χ0n) is 16.4. The molecule has 2 aromatic heterocycles. The standard InChI is InChI=1S/C20H19F3N4O2.2ClH/c1-10-4-12(20(21,22)23)5-14(28)16(10)13-2-3-15-17(26-13)27-18(29-15)24-9-19-6-11(7-19)8-25-19;;/h2-5,11,25,28H,6-9H2,1H3,(H,24,26,27);2*1H. The van der Waals surface area contributed by atoms with Crippen LogP contribution in [0, 0.1) is 12.8 Å². The molecule has 6 nitrogen and oxygen atoms in total. The van der Waals surface area contributed by atoms with Crippen LogP contribution in [0.3, 0.4) is 0 Å². The second-order valence-corrected chi connectivity index (χ2v) is 8.01. The van der Waals surface area contributed by atoms with Crippen molar-refractivity contribution in [2.24, 2.45) is 5.92 Å². The molecule has 1 saturated carbocycles. The average Bonchev–Trinajstić information content (AvgIpc) is 3.31. The number of aryl methyl sites for hydroxylation is 1. The van der Waals surface area contributed by atoms with Gasteiger partial charge in [0.15, 0.2) is 5.58 Å². The Balaban J connectivity index is 0.00000136. The third kappa shape index (κ3) is 4.14. The molecule has 0 radical (unpaired) electrons. The molecule has 0 atom stereocenters. The lowest BCUT2D eigenvalue weighted by molar-refractivity contribution is -0.137. The Kier molecular flexibility index (Phi) is 6.07. The van der Waals surface area contributed by atoms with Crippen LogP contribution in [0.2, 0.25) is 0 Å². The predicted molar refractivity (Wildman–Crippen MR) is 115 cm³/mol. The molecule has 6 rings (SSSR count). The van der Waals surface area contributed by atoms with Gasteiger partial charge in [-0.3, -0.25) is 0 Å². The van der Waals surface area contributed by atoms with Crippen LogP contribution in [0.25, 0.3) is 22.5 Å². The Morgan fingerprint density at radius 3 is 2.58 bits per heavy atom. The summed E-state index contributed by atoms with van der Waals surface area (Å²) in [5.74, 6) is 0.293. The number of nitrogens with zero attached hydrogens (tertiary/aromatic N) is 2. The first kappa shape index (κ1) is 23.4. The van der Waals surface area contributed by atoms with Crippen LogP contribution < -0.4 is 10.6 Å². The maximum absolute atomic E-state index is 12.9. The second kappa shape index (κ2) is 8.03. The van der Waals surface area contributed by atoms with Crippen molar-refractivity contribution in [1.29, 1.82) is 0 Å². The number of phenolic OH excluding ortho intramolecular Hbond substituents is 1. The molecule has 0 unspecified atom stereocenters. The van der Waals surface area contributed by atoms with Crippen LogP contribution >= 0.6 is 24.8 Å². The van der Waals surface area contributed by atoms with Gasteiger partial charge >= 0.3 is 6.18 Å². The summed E-state index contributed by atoms with van der Waals surface area (Å²) in [4.78, 5) is 8.73. The number of fused-ring (bicyclic) bond motifs is 2. The molecule has 4 heterocycles. The molecule has 168 valence electrons. The molecule has 2 aliphatic heterocycles. The summed E-state index contributed by atoms with van der Waals surface area (Å²) in [5, 5.41) is 16.9. The quantitative estimate of drug-likeness (QED) is 0.495. The molecule has 2 bridgehead atoms. The lowest BCUT2D eigenvalue weighted by atomic mass is 9.74. The first-order chi connectivity index (χ1) is 13.7. The summed E-state index contributed by atoms with van der Waals surface area (Å²) >= 11 is 0. The minimum absolute atomic E-state index is 0. The van der Waals surface area contributed by atoms with Gasteiger partial charge in [0.1, 0.15) is 5.75 Å². The van der Waals surface area contributed by atoms with Crippen LogP contribution in [0.15, 0.2) is 28.7 Å². The number of oxazole rings is 1. The van der Waals surface area contributed by atoms with Crippen molar-refractivity contribution in [1.82, 2.24) is 15.3 Å². The van der Waals surface area contributed by atoms with Gasteiger partial charge in [-0.1, -0.05) is 0 Å². The molecule has 1 aliphatic carbocycles. The fourth-order valence-electron chi connectivity index (χ4n) is 4.45. The number of rotatable bonds is 4. The van der Waals surface area contributed by atoms with E-state index in [2.05, 4.69) is 20.6 Å². The van der Waals surface area contributed by atoms with Crippen molar-refractivity contribution in [2.45, 2.75) is 31.5 Å². The molecule has 3 aromatic rings. The van der Waals surface area contributed by atoms with Crippen LogP contribution in [0.1, 0.15) is 24.0 Å². The number of hydrogen-bond acceptors (Lipinski definition) is 6. The van der Waals surface area contributed by atoms with E-state index >= 15 is 0 Å². The van der Waals surface area contributed by atoms with E-state index in [1.54, 1.807) is 12.1 Å². The molecule has 1 aromatic carbocycles. The fourth-order valence-corrected chi connectivity index (χ4v) is 4.45. The van der Waals surface area contributed by atoms with Crippen LogP contribution in [-0.4, -0.2) is 33.7 Å². The van der Waals surface area contributed by atoms with Crippen LogP contribution in [0.5, 0.6) is 5.75 Å². The van der Waals surface area contributed by atoms with Crippen LogP contribution in [0.4, 0.5) is 19.2 Å². The number of phenols is 1. The maximum Gasteiger partial charge on any atom is 0.416 e. The number of alkyl halides is 3. The smallest absolute Gasteiger partial charge is 0.416 e. The molecule has 2 saturated heterocycles. The van der Waals surface area contributed by atoms with Gasteiger partial charge in [0, 0.05) is 17.6 Å². The molecule has 11 heteroatoms. The van der Waals surface area contributed by atoms with Crippen molar-refractivity contribution >= 4 is 42.1 Å². The number of hydrogen-bond donors (Lipinski definition) is 3. The molecular formula is C20H21Cl2F3N4O2. The fraction of sp³-hybridized carbons (Fsp3) is 0.400. The van der Waals surface area contributed by atoms with E-state index in [1.165, 1.54) is 6.92 Å². The van der Waals surface area contributed by atoms with Gasteiger partial charge in [0.2, 0.25) is 5.65 Å². The minimum Gasteiger partial charge on any atom is -0.507 e. The van der Waals surface area contributed by atoms with E-state index in [1.807, 2.05) is 0 Å². The highest BCUT2D eigenvalue weighted by molar-refractivity contribution is 5.85. The number of pyridine rings is 1.